The van der Waals surface area contributed by atoms with E-state index in [2.05, 4.69) is 19.1 Å². The highest BCUT2D eigenvalue weighted by atomic mass is 15.5. The minimum atomic E-state index is 0.532. The van der Waals surface area contributed by atoms with E-state index in [0.29, 0.717) is 5.92 Å². The Morgan fingerprint density at radius 3 is 2.40 bits per heavy atom. The van der Waals surface area contributed by atoms with Crippen molar-refractivity contribution in [3.05, 3.63) is 11.8 Å². The summed E-state index contributed by atoms with van der Waals surface area (Å²) in [6.07, 6.45) is 1.86. The lowest BCUT2D eigenvalue weighted by Gasteiger charge is -2.08. The minimum Gasteiger partial charge on any atom is -0.258 e. The van der Waals surface area contributed by atoms with Crippen LogP contribution in [0.4, 0.5) is 0 Å². The summed E-state index contributed by atoms with van der Waals surface area (Å²) >= 11 is 0. The van der Waals surface area contributed by atoms with Crippen LogP contribution in [0.15, 0.2) is 17.0 Å². The van der Waals surface area contributed by atoms with E-state index < -0.39 is 0 Å². The normalized spacial score (nSPS) is 11.9. The second kappa shape index (κ2) is 4.04. The molecule has 0 radical (unpaired) electrons. The van der Waals surface area contributed by atoms with Crippen molar-refractivity contribution in [1.29, 1.82) is 5.53 Å². The molecule has 0 rings (SSSR count). The fourth-order valence-electron chi connectivity index (χ4n) is 0.473. The lowest BCUT2D eigenvalue weighted by molar-refractivity contribution is 0.432. The molecule has 0 aromatic heterocycles. The van der Waals surface area contributed by atoms with E-state index in [4.69, 9.17) is 5.53 Å². The van der Waals surface area contributed by atoms with Gasteiger partial charge in [-0.1, -0.05) is 24.6 Å². The van der Waals surface area contributed by atoms with Crippen LogP contribution in [0.5, 0.6) is 0 Å². The average molecular weight is 141 g/mol. The molecule has 0 aliphatic rings. The zero-order chi connectivity index (χ0) is 8.15. The SMILES string of the molecule is C/C(=C\N(C)N=N)C(C)C. The number of hydrogen-bond acceptors (Lipinski definition) is 2. The first-order valence-electron chi connectivity index (χ1n) is 3.36. The first-order chi connectivity index (χ1) is 4.57. The van der Waals surface area contributed by atoms with E-state index in [1.54, 1.807) is 7.05 Å². The van der Waals surface area contributed by atoms with Gasteiger partial charge in [-0.2, -0.15) is 5.53 Å². The summed E-state index contributed by atoms with van der Waals surface area (Å²) in [5.41, 5.74) is 7.88. The Balaban J connectivity index is 4.01. The van der Waals surface area contributed by atoms with Gasteiger partial charge in [-0.05, 0) is 12.8 Å². The molecule has 0 atom stereocenters. The van der Waals surface area contributed by atoms with E-state index >= 15 is 0 Å². The first-order valence-corrected chi connectivity index (χ1v) is 3.36. The number of nitrogens with zero attached hydrogens (tertiary/aromatic N) is 2. The maximum atomic E-state index is 6.65. The maximum Gasteiger partial charge on any atom is 0.0313 e. The fraction of sp³-hybridized carbons (Fsp3) is 0.714. The molecule has 0 spiro atoms. The van der Waals surface area contributed by atoms with Crippen molar-refractivity contribution >= 4 is 0 Å². The van der Waals surface area contributed by atoms with Gasteiger partial charge in [0.05, 0.1) is 0 Å². The molecule has 58 valence electrons. The van der Waals surface area contributed by atoms with Crippen molar-refractivity contribution in [2.75, 3.05) is 7.05 Å². The van der Waals surface area contributed by atoms with E-state index in [-0.39, 0.29) is 0 Å². The summed E-state index contributed by atoms with van der Waals surface area (Å²) in [7, 11) is 1.75. The highest BCUT2D eigenvalue weighted by molar-refractivity contribution is 4.98. The average Bonchev–Trinajstić information content (AvgIpc) is 1.87. The van der Waals surface area contributed by atoms with Crippen LogP contribution >= 0.6 is 0 Å². The maximum absolute atomic E-state index is 6.65. The summed E-state index contributed by atoms with van der Waals surface area (Å²) in [5, 5.41) is 4.71. The summed E-state index contributed by atoms with van der Waals surface area (Å²) < 4.78 is 0. The van der Waals surface area contributed by atoms with E-state index in [1.165, 1.54) is 10.6 Å². The summed E-state index contributed by atoms with van der Waals surface area (Å²) in [6, 6.07) is 0. The quantitative estimate of drug-likeness (QED) is 0.476. The Morgan fingerprint density at radius 2 is 2.10 bits per heavy atom. The van der Waals surface area contributed by atoms with Crippen LogP contribution in [0.3, 0.4) is 0 Å². The third-order valence-corrected chi connectivity index (χ3v) is 1.46. The van der Waals surface area contributed by atoms with Crippen molar-refractivity contribution < 1.29 is 0 Å². The Hall–Kier alpha value is -0.860. The van der Waals surface area contributed by atoms with Crippen LogP contribution < -0.4 is 0 Å². The van der Waals surface area contributed by atoms with Crippen LogP contribution in [0, 0.1) is 11.4 Å². The topological polar surface area (TPSA) is 39.5 Å². The standard InChI is InChI=1S/C7H15N3/c1-6(2)7(3)5-10(4)9-8/h5-6,8H,1-4H3/b7-5+,9-8?. The highest BCUT2D eigenvalue weighted by Gasteiger charge is 1.96. The molecule has 0 bridgehead atoms. The predicted octanol–water partition coefficient (Wildman–Crippen LogP) is 2.42. The van der Waals surface area contributed by atoms with Crippen molar-refractivity contribution in [3.63, 3.8) is 0 Å². The number of allylic oxidation sites excluding steroid dienone is 1. The van der Waals surface area contributed by atoms with E-state index in [9.17, 15) is 0 Å². The van der Waals surface area contributed by atoms with Crippen molar-refractivity contribution in [2.24, 2.45) is 11.1 Å². The van der Waals surface area contributed by atoms with Crippen molar-refractivity contribution in [3.8, 4) is 0 Å². The lowest BCUT2D eigenvalue weighted by Crippen LogP contribution is -2.02. The largest absolute Gasteiger partial charge is 0.258 e. The molecule has 3 heteroatoms. The van der Waals surface area contributed by atoms with Gasteiger partial charge in [0.25, 0.3) is 0 Å². The van der Waals surface area contributed by atoms with Gasteiger partial charge < -0.3 is 0 Å². The molecular weight excluding hydrogens is 126 g/mol. The van der Waals surface area contributed by atoms with E-state index in [1.807, 2.05) is 13.1 Å². The Bertz CT molecular complexity index is 138. The van der Waals surface area contributed by atoms with Crippen LogP contribution in [0.2, 0.25) is 0 Å². The Morgan fingerprint density at radius 1 is 1.60 bits per heavy atom. The molecular formula is C7H15N3. The molecule has 0 aliphatic carbocycles. The summed E-state index contributed by atoms with van der Waals surface area (Å²) in [6.45, 7) is 6.26. The second-order valence-electron chi connectivity index (χ2n) is 2.70. The molecule has 0 amide bonds. The van der Waals surface area contributed by atoms with Crippen molar-refractivity contribution in [1.82, 2.24) is 5.01 Å². The van der Waals surface area contributed by atoms with Crippen LogP contribution in [0.25, 0.3) is 0 Å². The molecule has 0 unspecified atom stereocenters. The van der Waals surface area contributed by atoms with Crippen LogP contribution in [-0.4, -0.2) is 12.1 Å². The lowest BCUT2D eigenvalue weighted by atomic mass is 10.1. The molecule has 1 N–H and O–H groups in total. The number of hydrogen-bond donors (Lipinski definition) is 1. The summed E-state index contributed by atoms with van der Waals surface area (Å²) in [5.74, 6) is 0.532. The zero-order valence-electron chi connectivity index (χ0n) is 7.05. The summed E-state index contributed by atoms with van der Waals surface area (Å²) in [4.78, 5) is 0. The molecule has 10 heavy (non-hydrogen) atoms. The van der Waals surface area contributed by atoms with Gasteiger partial charge in [0, 0.05) is 13.2 Å². The first kappa shape index (κ1) is 9.14. The van der Waals surface area contributed by atoms with Gasteiger partial charge in [0.2, 0.25) is 0 Å². The molecule has 0 fully saturated rings. The van der Waals surface area contributed by atoms with Gasteiger partial charge in [-0.15, -0.1) is 0 Å². The molecule has 0 aliphatic heterocycles. The molecule has 0 aromatic carbocycles. The fourth-order valence-corrected chi connectivity index (χ4v) is 0.473. The minimum absolute atomic E-state index is 0.532. The molecule has 0 heterocycles. The van der Waals surface area contributed by atoms with Crippen molar-refractivity contribution in [2.45, 2.75) is 20.8 Å². The Kier molecular flexibility index (Phi) is 3.69. The van der Waals surface area contributed by atoms with E-state index in [0.717, 1.165) is 0 Å². The van der Waals surface area contributed by atoms with Gasteiger partial charge in [-0.25, -0.2) is 0 Å². The third-order valence-electron chi connectivity index (χ3n) is 1.46. The molecule has 0 aromatic rings. The van der Waals surface area contributed by atoms with Gasteiger partial charge in [0.1, 0.15) is 0 Å². The van der Waals surface area contributed by atoms with Gasteiger partial charge in [-0.3, -0.25) is 5.01 Å². The van der Waals surface area contributed by atoms with Crippen LogP contribution in [-0.2, 0) is 0 Å². The molecule has 0 saturated carbocycles. The van der Waals surface area contributed by atoms with Gasteiger partial charge in [0.15, 0.2) is 0 Å². The number of nitrogens with one attached hydrogen (secondary N) is 1. The smallest absolute Gasteiger partial charge is 0.0313 e. The highest BCUT2D eigenvalue weighted by Crippen LogP contribution is 2.08. The third kappa shape index (κ3) is 3.22. The predicted molar refractivity (Wildman–Crippen MR) is 41.5 cm³/mol. The second-order valence-corrected chi connectivity index (χ2v) is 2.70. The van der Waals surface area contributed by atoms with Gasteiger partial charge >= 0.3 is 0 Å². The molecule has 0 saturated heterocycles. The molecule has 3 nitrogen and oxygen atoms in total. The monoisotopic (exact) mass is 141 g/mol. The number of rotatable bonds is 3. The van der Waals surface area contributed by atoms with Crippen LogP contribution in [0.1, 0.15) is 20.8 Å². The zero-order valence-corrected chi connectivity index (χ0v) is 7.05. The Labute approximate surface area is 62.2 Å².